The summed E-state index contributed by atoms with van der Waals surface area (Å²) in [5, 5.41) is 3.54. The molecule has 3 rings (SSSR count). The maximum absolute atomic E-state index is 12.8. The molecule has 1 aromatic carbocycles. The molecule has 0 spiro atoms. The van der Waals surface area contributed by atoms with Gasteiger partial charge in [0.2, 0.25) is 11.8 Å². The molecule has 1 atom stereocenters. The standard InChI is InChI=1S/C22H30ClN3O5/c1-22(2,3)31-21(29)25-9-7-16(8-10-25)24-20(28)14-11-19(27)26(13-14)17-12-15(23)5-6-18(17)30-4/h5-6,12,14,16H,7-11,13H2,1-4H3,(H,24,28). The van der Waals surface area contributed by atoms with E-state index in [0.29, 0.717) is 42.4 Å². The Kier molecular flexibility index (Phi) is 6.99. The highest BCUT2D eigenvalue weighted by molar-refractivity contribution is 6.31. The first-order valence-electron chi connectivity index (χ1n) is 10.5. The van der Waals surface area contributed by atoms with Gasteiger partial charge in [-0.3, -0.25) is 9.59 Å². The van der Waals surface area contributed by atoms with Gasteiger partial charge in [0, 0.05) is 37.1 Å². The Morgan fingerprint density at radius 1 is 1.19 bits per heavy atom. The molecule has 2 saturated heterocycles. The number of piperidine rings is 1. The van der Waals surface area contributed by atoms with Crippen molar-refractivity contribution in [1.82, 2.24) is 10.2 Å². The minimum atomic E-state index is -0.533. The Balaban J connectivity index is 1.54. The van der Waals surface area contributed by atoms with Crippen LogP contribution in [0.5, 0.6) is 5.75 Å². The van der Waals surface area contributed by atoms with E-state index in [1.807, 2.05) is 20.8 Å². The van der Waals surface area contributed by atoms with E-state index in [9.17, 15) is 14.4 Å². The van der Waals surface area contributed by atoms with Crippen molar-refractivity contribution in [3.63, 3.8) is 0 Å². The third-order valence-electron chi connectivity index (χ3n) is 5.42. The number of likely N-dealkylation sites (tertiary alicyclic amines) is 1. The molecule has 0 aromatic heterocycles. The number of hydrogen-bond acceptors (Lipinski definition) is 5. The first kappa shape index (κ1) is 23.2. The van der Waals surface area contributed by atoms with Crippen LogP contribution in [0, 0.1) is 5.92 Å². The van der Waals surface area contributed by atoms with Crippen molar-refractivity contribution in [1.29, 1.82) is 0 Å². The van der Waals surface area contributed by atoms with Crippen LogP contribution in [0.2, 0.25) is 5.02 Å². The quantitative estimate of drug-likeness (QED) is 0.759. The van der Waals surface area contributed by atoms with Gasteiger partial charge in [-0.15, -0.1) is 0 Å². The number of amides is 3. The van der Waals surface area contributed by atoms with E-state index < -0.39 is 11.5 Å². The SMILES string of the molecule is COc1ccc(Cl)cc1N1CC(C(=O)NC2CCN(C(=O)OC(C)(C)C)CC2)CC1=O. The summed E-state index contributed by atoms with van der Waals surface area (Å²) >= 11 is 6.09. The zero-order valence-electron chi connectivity index (χ0n) is 18.4. The largest absolute Gasteiger partial charge is 0.495 e. The van der Waals surface area contributed by atoms with Gasteiger partial charge in [-0.2, -0.15) is 0 Å². The summed E-state index contributed by atoms with van der Waals surface area (Å²) < 4.78 is 10.7. The van der Waals surface area contributed by atoms with Crippen molar-refractivity contribution in [3.05, 3.63) is 23.2 Å². The van der Waals surface area contributed by atoms with Crippen LogP contribution in [0.15, 0.2) is 18.2 Å². The maximum Gasteiger partial charge on any atom is 0.410 e. The van der Waals surface area contributed by atoms with Crippen LogP contribution in [-0.2, 0) is 14.3 Å². The average molecular weight is 452 g/mol. The molecule has 0 aliphatic carbocycles. The van der Waals surface area contributed by atoms with Gasteiger partial charge in [0.05, 0.1) is 18.7 Å². The van der Waals surface area contributed by atoms with Gasteiger partial charge in [-0.05, 0) is 51.8 Å². The van der Waals surface area contributed by atoms with Crippen LogP contribution in [0.4, 0.5) is 10.5 Å². The normalized spacial score (nSPS) is 20.0. The molecule has 9 heteroatoms. The zero-order valence-corrected chi connectivity index (χ0v) is 19.2. The third-order valence-corrected chi connectivity index (χ3v) is 5.66. The van der Waals surface area contributed by atoms with Gasteiger partial charge in [0.1, 0.15) is 11.4 Å². The van der Waals surface area contributed by atoms with Crippen LogP contribution in [-0.4, -0.2) is 61.2 Å². The second kappa shape index (κ2) is 9.34. The first-order chi connectivity index (χ1) is 14.6. The zero-order chi connectivity index (χ0) is 22.8. The van der Waals surface area contributed by atoms with Crippen molar-refractivity contribution in [2.45, 2.75) is 51.7 Å². The lowest BCUT2D eigenvalue weighted by Gasteiger charge is -2.34. The summed E-state index contributed by atoms with van der Waals surface area (Å²) in [5.74, 6) is -0.193. The van der Waals surface area contributed by atoms with Crippen LogP contribution in [0.3, 0.4) is 0 Å². The molecule has 0 radical (unpaired) electrons. The predicted molar refractivity (Wildman–Crippen MR) is 117 cm³/mol. The number of nitrogens with one attached hydrogen (secondary N) is 1. The third kappa shape index (κ3) is 5.81. The number of halogens is 1. The van der Waals surface area contributed by atoms with E-state index in [1.165, 1.54) is 7.11 Å². The molecule has 1 N–H and O–H groups in total. The lowest BCUT2D eigenvalue weighted by atomic mass is 10.0. The number of benzene rings is 1. The number of hydrogen-bond donors (Lipinski definition) is 1. The highest BCUT2D eigenvalue weighted by Gasteiger charge is 2.37. The molecule has 2 aliphatic rings. The molecule has 0 saturated carbocycles. The van der Waals surface area contributed by atoms with Gasteiger partial charge in [0.15, 0.2) is 0 Å². The number of carbonyl (C=O) groups is 3. The molecular formula is C22H30ClN3O5. The lowest BCUT2D eigenvalue weighted by Crippen LogP contribution is -2.49. The number of ether oxygens (including phenoxy) is 2. The Morgan fingerprint density at radius 2 is 1.87 bits per heavy atom. The van der Waals surface area contributed by atoms with Crippen molar-refractivity contribution in [2.24, 2.45) is 5.92 Å². The van der Waals surface area contributed by atoms with Crippen LogP contribution >= 0.6 is 11.6 Å². The van der Waals surface area contributed by atoms with Gasteiger partial charge < -0.3 is 24.6 Å². The molecule has 2 heterocycles. The van der Waals surface area contributed by atoms with E-state index in [-0.39, 0.29) is 36.9 Å². The molecule has 170 valence electrons. The summed E-state index contributed by atoms with van der Waals surface area (Å²) in [5.41, 5.74) is 0.0373. The highest BCUT2D eigenvalue weighted by Crippen LogP contribution is 2.35. The number of anilines is 1. The van der Waals surface area contributed by atoms with E-state index in [1.54, 1.807) is 28.0 Å². The van der Waals surface area contributed by atoms with Crippen LogP contribution in [0.25, 0.3) is 0 Å². The Hall–Kier alpha value is -2.48. The van der Waals surface area contributed by atoms with E-state index in [2.05, 4.69) is 5.32 Å². The van der Waals surface area contributed by atoms with Crippen molar-refractivity contribution in [3.8, 4) is 5.75 Å². The second-order valence-electron chi connectivity index (χ2n) is 8.97. The molecule has 1 aromatic rings. The molecule has 3 amide bonds. The molecule has 31 heavy (non-hydrogen) atoms. The number of carbonyl (C=O) groups excluding carboxylic acids is 3. The van der Waals surface area contributed by atoms with E-state index >= 15 is 0 Å². The van der Waals surface area contributed by atoms with Gasteiger partial charge in [0.25, 0.3) is 0 Å². The summed E-state index contributed by atoms with van der Waals surface area (Å²) in [6.07, 6.45) is 1.11. The summed E-state index contributed by atoms with van der Waals surface area (Å²) in [7, 11) is 1.53. The monoisotopic (exact) mass is 451 g/mol. The fourth-order valence-corrected chi connectivity index (χ4v) is 4.01. The maximum atomic E-state index is 12.8. The second-order valence-corrected chi connectivity index (χ2v) is 9.41. The van der Waals surface area contributed by atoms with Crippen LogP contribution < -0.4 is 15.0 Å². The van der Waals surface area contributed by atoms with Gasteiger partial charge in [-0.25, -0.2) is 4.79 Å². The molecule has 0 bridgehead atoms. The summed E-state index contributed by atoms with van der Waals surface area (Å²) in [4.78, 5) is 40.8. The van der Waals surface area contributed by atoms with Gasteiger partial charge in [-0.1, -0.05) is 11.6 Å². The van der Waals surface area contributed by atoms with Gasteiger partial charge >= 0.3 is 6.09 Å². The van der Waals surface area contributed by atoms with E-state index in [4.69, 9.17) is 21.1 Å². The number of methoxy groups -OCH3 is 1. The number of nitrogens with zero attached hydrogens (tertiary/aromatic N) is 2. The van der Waals surface area contributed by atoms with Crippen molar-refractivity contribution in [2.75, 3.05) is 31.6 Å². The molecule has 8 nitrogen and oxygen atoms in total. The summed E-state index contributed by atoms with van der Waals surface area (Å²) in [6.45, 7) is 6.83. The minimum Gasteiger partial charge on any atom is -0.495 e. The molecule has 2 aliphatic heterocycles. The number of rotatable bonds is 4. The minimum absolute atomic E-state index is 0.0314. The van der Waals surface area contributed by atoms with E-state index in [0.717, 1.165) is 0 Å². The molecular weight excluding hydrogens is 422 g/mol. The Morgan fingerprint density at radius 3 is 2.48 bits per heavy atom. The lowest BCUT2D eigenvalue weighted by molar-refractivity contribution is -0.127. The fraction of sp³-hybridized carbons (Fsp3) is 0.591. The highest BCUT2D eigenvalue weighted by atomic mass is 35.5. The van der Waals surface area contributed by atoms with Crippen molar-refractivity contribution < 1.29 is 23.9 Å². The topological polar surface area (TPSA) is 88.2 Å². The Bertz CT molecular complexity index is 846. The van der Waals surface area contributed by atoms with Crippen LogP contribution in [0.1, 0.15) is 40.0 Å². The fourth-order valence-electron chi connectivity index (χ4n) is 3.84. The first-order valence-corrected chi connectivity index (χ1v) is 10.9. The molecule has 2 fully saturated rings. The smallest absolute Gasteiger partial charge is 0.410 e. The Labute approximate surface area is 187 Å². The average Bonchev–Trinajstić information content (AvgIpc) is 3.09. The van der Waals surface area contributed by atoms with Crippen molar-refractivity contribution >= 4 is 35.2 Å². The molecule has 1 unspecified atom stereocenters. The summed E-state index contributed by atoms with van der Waals surface area (Å²) in [6, 6.07) is 5.04. The predicted octanol–water partition coefficient (Wildman–Crippen LogP) is 3.22.